The molecule has 0 aliphatic rings. The third kappa shape index (κ3) is 40.2. The first kappa shape index (κ1) is 64.2. The number of esters is 1. The van der Waals surface area contributed by atoms with E-state index in [4.69, 9.17) is 56.8 Å². The second-order valence-electron chi connectivity index (χ2n) is 16.9. The Kier molecular flexibility index (Phi) is 43.4. The first-order valence-electron chi connectivity index (χ1n) is 26.5. The summed E-state index contributed by atoms with van der Waals surface area (Å²) < 4.78 is 105. The number of carbonyl (C=O) groups excluding carboxylic acids is 1. The molecule has 0 amide bonds. The van der Waals surface area contributed by atoms with Crippen LogP contribution in [0.2, 0.25) is 0 Å². The topological polar surface area (TPSA) is 140 Å². The number of para-hydroxylation sites is 1. The van der Waals surface area contributed by atoms with Crippen LogP contribution in [0.5, 0.6) is 0 Å². The van der Waals surface area contributed by atoms with Crippen molar-refractivity contribution in [3.05, 3.63) is 59.7 Å². The number of carbonyl (C=O) groups is 1. The van der Waals surface area contributed by atoms with E-state index in [2.05, 4.69) is 12.2 Å². The highest BCUT2D eigenvalue weighted by Gasteiger charge is 2.30. The lowest BCUT2D eigenvalue weighted by Gasteiger charge is -2.13. The molecule has 71 heavy (non-hydrogen) atoms. The van der Waals surface area contributed by atoms with Crippen molar-refractivity contribution in [2.75, 3.05) is 157 Å². The molecule has 2 aromatic carbocycles. The zero-order valence-electron chi connectivity index (χ0n) is 43.1. The molecule has 17 heteroatoms. The summed E-state index contributed by atoms with van der Waals surface area (Å²) >= 11 is 0. The lowest BCUT2D eigenvalue weighted by molar-refractivity contribution is -0.137. The molecule has 0 fully saturated rings. The molecule has 0 heterocycles. The van der Waals surface area contributed by atoms with Gasteiger partial charge in [0.15, 0.2) is 0 Å². The highest BCUT2D eigenvalue weighted by Crippen LogP contribution is 2.32. The third-order valence-corrected chi connectivity index (χ3v) is 10.9. The minimum Gasteiger partial charge on any atom is -0.460 e. The minimum atomic E-state index is -4.48. The molecule has 0 saturated carbocycles. The molecule has 0 bridgehead atoms. The summed E-state index contributed by atoms with van der Waals surface area (Å²) in [7, 11) is 0. The number of rotatable bonds is 53. The van der Waals surface area contributed by atoms with Crippen LogP contribution in [-0.2, 0) is 63.0 Å². The van der Waals surface area contributed by atoms with Gasteiger partial charge in [-0.15, -0.1) is 0 Å². The summed E-state index contributed by atoms with van der Waals surface area (Å²) in [6.07, 6.45) is 17.5. The van der Waals surface area contributed by atoms with Gasteiger partial charge in [-0.3, -0.25) is 0 Å². The molecular formula is C54H90F3NO13. The Morgan fingerprint density at radius 2 is 0.718 bits per heavy atom. The molecule has 410 valence electrons. The van der Waals surface area contributed by atoms with E-state index < -0.39 is 17.7 Å². The monoisotopic (exact) mass is 1020 g/mol. The normalized spacial score (nSPS) is 11.7. The SMILES string of the molecule is CCCCCCCCCCCCCCCCCCOCCOCCOCCOCCOCCOCCOCCOCCOCCOCCOCCOC(=O)c1ccccc1Nc1cccc(C(F)(F)F)c1. The van der Waals surface area contributed by atoms with Crippen LogP contribution >= 0.6 is 0 Å². The Bertz CT molecular complexity index is 1480. The van der Waals surface area contributed by atoms with Crippen LogP contribution in [-0.4, -0.2) is 158 Å². The number of benzene rings is 2. The Labute approximate surface area is 423 Å². The summed E-state index contributed by atoms with van der Waals surface area (Å²) in [6.45, 7) is 12.7. The maximum atomic E-state index is 13.1. The number of hydrogen-bond donors (Lipinski definition) is 1. The molecule has 1 N–H and O–H groups in total. The molecule has 0 aliphatic heterocycles. The fraction of sp³-hybridized carbons (Fsp3) is 0.759. The van der Waals surface area contributed by atoms with Crippen LogP contribution in [0.4, 0.5) is 24.5 Å². The maximum absolute atomic E-state index is 13.1. The first-order chi connectivity index (χ1) is 34.9. The van der Waals surface area contributed by atoms with Gasteiger partial charge in [0.1, 0.15) is 6.61 Å². The van der Waals surface area contributed by atoms with Crippen LogP contribution in [0.25, 0.3) is 0 Å². The summed E-state index contributed by atoms with van der Waals surface area (Å²) in [4.78, 5) is 12.6. The summed E-state index contributed by atoms with van der Waals surface area (Å²) in [6, 6.07) is 11.2. The average Bonchev–Trinajstić information content (AvgIpc) is 3.37. The summed E-state index contributed by atoms with van der Waals surface area (Å²) in [5.41, 5.74) is -0.0878. The van der Waals surface area contributed by atoms with Crippen LogP contribution in [0, 0.1) is 0 Å². The van der Waals surface area contributed by atoms with Gasteiger partial charge in [-0.1, -0.05) is 121 Å². The van der Waals surface area contributed by atoms with Gasteiger partial charge in [0.05, 0.1) is 156 Å². The number of alkyl halides is 3. The van der Waals surface area contributed by atoms with E-state index in [9.17, 15) is 18.0 Å². The van der Waals surface area contributed by atoms with Crippen molar-refractivity contribution in [2.45, 2.75) is 116 Å². The van der Waals surface area contributed by atoms with E-state index in [1.54, 1.807) is 18.2 Å². The molecule has 0 radical (unpaired) electrons. The van der Waals surface area contributed by atoms with E-state index in [0.29, 0.717) is 138 Å². The maximum Gasteiger partial charge on any atom is 0.416 e. The average molecular weight is 1020 g/mol. The molecule has 0 atom stereocenters. The number of nitrogens with one attached hydrogen (secondary N) is 1. The fourth-order valence-corrected chi connectivity index (χ4v) is 7.02. The lowest BCUT2D eigenvalue weighted by Crippen LogP contribution is -2.16. The van der Waals surface area contributed by atoms with E-state index in [1.165, 1.54) is 115 Å². The van der Waals surface area contributed by atoms with Crippen molar-refractivity contribution in [3.8, 4) is 0 Å². The predicted molar refractivity (Wildman–Crippen MR) is 270 cm³/mol. The van der Waals surface area contributed by atoms with Crippen molar-refractivity contribution >= 4 is 17.3 Å². The van der Waals surface area contributed by atoms with Crippen molar-refractivity contribution in [1.82, 2.24) is 0 Å². The van der Waals surface area contributed by atoms with Gasteiger partial charge in [-0.05, 0) is 36.8 Å². The highest BCUT2D eigenvalue weighted by molar-refractivity contribution is 5.96. The quantitative estimate of drug-likeness (QED) is 0.0496. The van der Waals surface area contributed by atoms with E-state index >= 15 is 0 Å². The molecule has 2 rings (SSSR count). The Morgan fingerprint density at radius 3 is 1.08 bits per heavy atom. The van der Waals surface area contributed by atoms with Crippen molar-refractivity contribution < 1.29 is 74.8 Å². The number of ether oxygens (including phenoxy) is 12. The number of hydrogen-bond acceptors (Lipinski definition) is 14. The van der Waals surface area contributed by atoms with Crippen molar-refractivity contribution in [1.29, 1.82) is 0 Å². The van der Waals surface area contributed by atoms with Gasteiger partial charge >= 0.3 is 12.1 Å². The molecule has 0 aromatic heterocycles. The second kappa shape index (κ2) is 48.0. The molecular weight excluding hydrogens is 928 g/mol. The van der Waals surface area contributed by atoms with Gasteiger partial charge in [0.2, 0.25) is 0 Å². The van der Waals surface area contributed by atoms with Crippen molar-refractivity contribution in [2.24, 2.45) is 0 Å². The summed E-state index contributed by atoms with van der Waals surface area (Å²) in [5, 5.41) is 2.86. The van der Waals surface area contributed by atoms with Gasteiger partial charge in [0.25, 0.3) is 0 Å². The van der Waals surface area contributed by atoms with Gasteiger partial charge in [0, 0.05) is 12.3 Å². The van der Waals surface area contributed by atoms with Gasteiger partial charge in [-0.2, -0.15) is 13.2 Å². The van der Waals surface area contributed by atoms with Gasteiger partial charge < -0.3 is 62.2 Å². The van der Waals surface area contributed by atoms with E-state index in [-0.39, 0.29) is 24.5 Å². The van der Waals surface area contributed by atoms with Gasteiger partial charge in [-0.25, -0.2) is 4.79 Å². The van der Waals surface area contributed by atoms with Crippen molar-refractivity contribution in [3.63, 3.8) is 0 Å². The molecule has 2 aromatic rings. The zero-order valence-corrected chi connectivity index (χ0v) is 43.1. The molecule has 0 aliphatic carbocycles. The smallest absolute Gasteiger partial charge is 0.416 e. The first-order valence-corrected chi connectivity index (χ1v) is 26.5. The summed E-state index contributed by atoms with van der Waals surface area (Å²) in [5.74, 6) is -0.628. The van der Waals surface area contributed by atoms with E-state index in [0.717, 1.165) is 25.2 Å². The Balaban J connectivity index is 1.19. The second-order valence-corrected chi connectivity index (χ2v) is 16.9. The number of halogens is 3. The van der Waals surface area contributed by atoms with Crippen LogP contribution in [0.3, 0.4) is 0 Å². The van der Waals surface area contributed by atoms with Crippen LogP contribution in [0.1, 0.15) is 126 Å². The minimum absolute atomic E-state index is 0.00245. The van der Waals surface area contributed by atoms with Crippen LogP contribution in [0.15, 0.2) is 48.5 Å². The molecule has 0 saturated heterocycles. The predicted octanol–water partition coefficient (Wildman–Crippen LogP) is 11.0. The number of anilines is 2. The molecule has 14 nitrogen and oxygen atoms in total. The fourth-order valence-electron chi connectivity index (χ4n) is 7.02. The highest BCUT2D eigenvalue weighted by atomic mass is 19.4. The van der Waals surface area contributed by atoms with E-state index in [1.807, 2.05) is 0 Å². The third-order valence-electron chi connectivity index (χ3n) is 10.9. The Morgan fingerprint density at radius 1 is 0.394 bits per heavy atom. The number of unbranched alkanes of at least 4 members (excludes halogenated alkanes) is 15. The molecule has 0 unspecified atom stereocenters. The largest absolute Gasteiger partial charge is 0.460 e. The van der Waals surface area contributed by atoms with Crippen LogP contribution < -0.4 is 5.32 Å². The standard InChI is InChI=1S/C54H90F3NO13/c1-2-3-4-5-6-7-8-9-10-11-12-13-14-15-16-19-25-60-26-27-61-28-29-62-30-31-63-32-33-64-34-35-65-36-37-66-38-39-67-40-41-68-42-43-69-44-45-70-46-47-71-53(59)51-23-17-18-24-52(51)58-50-22-20-21-49(48-50)54(55,56)57/h17-18,20-24,48,58H,2-16,19,25-47H2,1H3. The lowest BCUT2D eigenvalue weighted by atomic mass is 10.0. The zero-order chi connectivity index (χ0) is 50.8. The molecule has 0 spiro atoms. The Hall–Kier alpha value is -2.94.